The van der Waals surface area contributed by atoms with E-state index in [0.29, 0.717) is 25.1 Å². The molecule has 1 fully saturated rings. The van der Waals surface area contributed by atoms with Crippen LogP contribution in [0.3, 0.4) is 0 Å². The van der Waals surface area contributed by atoms with Crippen molar-refractivity contribution in [2.45, 2.75) is 50.9 Å². The Hall–Kier alpha value is -1.08. The Kier molecular flexibility index (Phi) is 10.2. The van der Waals surface area contributed by atoms with E-state index in [0.717, 1.165) is 25.9 Å². The molecule has 2 atom stereocenters. The largest absolute Gasteiger partial charge is 0.424 e. The van der Waals surface area contributed by atoms with Crippen LogP contribution in [0.1, 0.15) is 38.9 Å². The van der Waals surface area contributed by atoms with Gasteiger partial charge in [0.25, 0.3) is 0 Å². The van der Waals surface area contributed by atoms with Crippen LogP contribution in [0.5, 0.6) is 0 Å². The van der Waals surface area contributed by atoms with Crippen LogP contribution < -0.4 is 10.6 Å². The van der Waals surface area contributed by atoms with Crippen molar-refractivity contribution in [1.82, 2.24) is 25.1 Å². The zero-order valence-electron chi connectivity index (χ0n) is 17.2. The molecule has 0 radical (unpaired) electrons. The fourth-order valence-electron chi connectivity index (χ4n) is 3.56. The average molecular weight is 532 g/mol. The molecular weight excluding hydrogens is 500 g/mol. The second-order valence-corrected chi connectivity index (χ2v) is 7.04. The second-order valence-electron chi connectivity index (χ2n) is 7.04. The topological polar surface area (TPSA) is 77.7 Å². The van der Waals surface area contributed by atoms with Crippen LogP contribution >= 0.6 is 24.0 Å². The normalized spacial score (nSPS) is 20.2. The number of likely N-dealkylation sites (N-methyl/N-ethyl adjacent to an activating group) is 1. The highest BCUT2D eigenvalue weighted by Gasteiger charge is 2.57. The molecule has 0 amide bonds. The van der Waals surface area contributed by atoms with Crippen LogP contribution in [0, 0.1) is 0 Å². The number of likely N-dealkylation sites (tertiary alicyclic amines) is 1. The number of aliphatic imine (C=N–C) groups is 1. The Morgan fingerprint density at radius 3 is 2.62 bits per heavy atom. The number of aromatic nitrogens is 2. The highest BCUT2D eigenvalue weighted by atomic mass is 127. The molecule has 0 aromatic carbocycles. The number of rotatable bonds is 8. The first-order valence-electron chi connectivity index (χ1n) is 9.76. The Labute approximate surface area is 187 Å². The summed E-state index contributed by atoms with van der Waals surface area (Å²) in [5, 5.41) is 16.3. The minimum atomic E-state index is -4.84. The molecule has 2 heterocycles. The molecule has 29 heavy (non-hydrogen) atoms. The molecule has 7 nitrogen and oxygen atoms in total. The molecule has 1 aromatic rings. The number of alkyl halides is 3. The van der Waals surface area contributed by atoms with E-state index in [1.807, 2.05) is 6.92 Å². The summed E-state index contributed by atoms with van der Waals surface area (Å²) in [5.41, 5.74) is -3.03. The summed E-state index contributed by atoms with van der Waals surface area (Å²) in [6.07, 6.45) is -0.576. The summed E-state index contributed by atoms with van der Waals surface area (Å²) < 4.78 is 41.9. The summed E-state index contributed by atoms with van der Waals surface area (Å²) >= 11 is 0. The van der Waals surface area contributed by atoms with Crippen molar-refractivity contribution < 1.29 is 18.3 Å². The molecular formula is C18H32F3IN6O. The molecule has 2 unspecified atom stereocenters. The standard InChI is InChI=1S/C18H31F3N6O.HI/c1-4-22-16(25-13-14-7-6-11-27(14)5-2)24-9-8-17(28,18(19,20)21)15-23-10-12-26(15)3;/h10,12,14,28H,4-9,11,13H2,1-3H3,(H2,22,24,25);1H. The van der Waals surface area contributed by atoms with Gasteiger partial charge in [0.15, 0.2) is 5.96 Å². The molecule has 11 heteroatoms. The quantitative estimate of drug-likeness (QED) is 0.272. The van der Waals surface area contributed by atoms with Crippen molar-refractivity contribution in [1.29, 1.82) is 0 Å². The lowest BCUT2D eigenvalue weighted by molar-refractivity contribution is -0.272. The van der Waals surface area contributed by atoms with Crippen molar-refractivity contribution in [2.75, 3.05) is 32.7 Å². The molecule has 2 rings (SSSR count). The van der Waals surface area contributed by atoms with Gasteiger partial charge in [0, 0.05) is 45.0 Å². The van der Waals surface area contributed by atoms with Gasteiger partial charge in [-0.25, -0.2) is 4.98 Å². The van der Waals surface area contributed by atoms with E-state index >= 15 is 0 Å². The SMILES string of the molecule is CCNC(=NCC1CCCN1CC)NCCC(O)(c1nccn1C)C(F)(F)F.I. The van der Waals surface area contributed by atoms with E-state index in [9.17, 15) is 18.3 Å². The maximum absolute atomic E-state index is 13.6. The van der Waals surface area contributed by atoms with Crippen LogP contribution in [0.25, 0.3) is 0 Å². The number of hydrogen-bond donors (Lipinski definition) is 3. The van der Waals surface area contributed by atoms with Gasteiger partial charge in [-0.2, -0.15) is 13.2 Å². The van der Waals surface area contributed by atoms with Gasteiger partial charge >= 0.3 is 6.18 Å². The van der Waals surface area contributed by atoms with Crippen LogP contribution in [0.15, 0.2) is 17.4 Å². The number of halogens is 4. The molecule has 0 saturated carbocycles. The number of guanidine groups is 1. The molecule has 0 bridgehead atoms. The van der Waals surface area contributed by atoms with E-state index < -0.39 is 24.0 Å². The average Bonchev–Trinajstić information content (AvgIpc) is 3.26. The number of imidazole rings is 1. The van der Waals surface area contributed by atoms with E-state index in [2.05, 4.69) is 32.4 Å². The van der Waals surface area contributed by atoms with Gasteiger partial charge in [0.1, 0.15) is 5.82 Å². The Morgan fingerprint density at radius 2 is 2.07 bits per heavy atom. The predicted molar refractivity (Wildman–Crippen MR) is 117 cm³/mol. The van der Waals surface area contributed by atoms with Crippen molar-refractivity contribution in [3.8, 4) is 0 Å². The predicted octanol–water partition coefficient (Wildman–Crippen LogP) is 2.22. The van der Waals surface area contributed by atoms with E-state index in [4.69, 9.17) is 0 Å². The smallest absolute Gasteiger partial charge is 0.374 e. The highest BCUT2D eigenvalue weighted by Crippen LogP contribution is 2.40. The lowest BCUT2D eigenvalue weighted by Gasteiger charge is -2.30. The third kappa shape index (κ3) is 6.45. The van der Waals surface area contributed by atoms with Gasteiger partial charge in [-0.15, -0.1) is 24.0 Å². The minimum absolute atomic E-state index is 0. The first kappa shape index (κ1) is 26.0. The zero-order valence-corrected chi connectivity index (χ0v) is 19.5. The Balaban J connectivity index is 0.00000420. The van der Waals surface area contributed by atoms with Crippen LogP contribution in [-0.2, 0) is 12.6 Å². The lowest BCUT2D eigenvalue weighted by Crippen LogP contribution is -2.48. The molecule has 1 aromatic heterocycles. The first-order chi connectivity index (χ1) is 13.2. The van der Waals surface area contributed by atoms with Crippen LogP contribution in [-0.4, -0.2) is 70.5 Å². The molecule has 1 aliphatic heterocycles. The van der Waals surface area contributed by atoms with Crippen LogP contribution in [0.4, 0.5) is 13.2 Å². The third-order valence-corrected chi connectivity index (χ3v) is 5.15. The Bertz CT molecular complexity index is 654. The van der Waals surface area contributed by atoms with Crippen molar-refractivity contribution in [2.24, 2.45) is 12.0 Å². The van der Waals surface area contributed by atoms with Gasteiger partial charge in [-0.3, -0.25) is 9.89 Å². The van der Waals surface area contributed by atoms with E-state index in [1.54, 1.807) is 0 Å². The number of aliphatic hydroxyl groups is 1. The lowest BCUT2D eigenvalue weighted by atomic mass is 9.97. The summed E-state index contributed by atoms with van der Waals surface area (Å²) in [5.74, 6) is 0.0306. The van der Waals surface area contributed by atoms with Gasteiger partial charge in [-0.1, -0.05) is 6.92 Å². The summed E-state index contributed by atoms with van der Waals surface area (Å²) in [4.78, 5) is 10.6. The number of aryl methyl sites for hydroxylation is 1. The highest BCUT2D eigenvalue weighted by molar-refractivity contribution is 14.0. The van der Waals surface area contributed by atoms with Crippen molar-refractivity contribution in [3.05, 3.63) is 18.2 Å². The minimum Gasteiger partial charge on any atom is -0.374 e. The monoisotopic (exact) mass is 532 g/mol. The fraction of sp³-hybridized carbons (Fsp3) is 0.778. The van der Waals surface area contributed by atoms with Gasteiger partial charge in [-0.05, 0) is 32.9 Å². The fourth-order valence-corrected chi connectivity index (χ4v) is 3.56. The second kappa shape index (κ2) is 11.3. The summed E-state index contributed by atoms with van der Waals surface area (Å²) in [6.45, 7) is 7.11. The molecule has 0 aliphatic carbocycles. The molecule has 1 aliphatic rings. The maximum atomic E-state index is 13.6. The zero-order chi connectivity index (χ0) is 20.8. The Morgan fingerprint density at radius 1 is 1.34 bits per heavy atom. The molecule has 1 saturated heterocycles. The van der Waals surface area contributed by atoms with Crippen molar-refractivity contribution >= 4 is 29.9 Å². The summed E-state index contributed by atoms with van der Waals surface area (Å²) in [6, 6.07) is 0.361. The number of hydrogen-bond acceptors (Lipinski definition) is 4. The molecule has 3 N–H and O–H groups in total. The number of nitrogens with zero attached hydrogens (tertiary/aromatic N) is 4. The maximum Gasteiger partial charge on any atom is 0.424 e. The summed E-state index contributed by atoms with van der Waals surface area (Å²) in [7, 11) is 1.43. The molecule has 0 spiro atoms. The van der Waals surface area contributed by atoms with Gasteiger partial charge < -0.3 is 20.3 Å². The van der Waals surface area contributed by atoms with Crippen LogP contribution in [0.2, 0.25) is 0 Å². The van der Waals surface area contributed by atoms with E-state index in [-0.39, 0.29) is 30.5 Å². The van der Waals surface area contributed by atoms with Crippen molar-refractivity contribution in [3.63, 3.8) is 0 Å². The molecule has 168 valence electrons. The van der Waals surface area contributed by atoms with Gasteiger partial charge in [0.2, 0.25) is 5.60 Å². The van der Waals surface area contributed by atoms with E-state index in [1.165, 1.54) is 24.0 Å². The first-order valence-corrected chi connectivity index (χ1v) is 9.76. The third-order valence-electron chi connectivity index (χ3n) is 5.15. The number of nitrogens with one attached hydrogen (secondary N) is 2. The van der Waals surface area contributed by atoms with Gasteiger partial charge in [0.05, 0.1) is 6.54 Å².